The first-order valence-electron chi connectivity index (χ1n) is 11.6. The lowest BCUT2D eigenvalue weighted by molar-refractivity contribution is -0.386. The van der Waals surface area contributed by atoms with Gasteiger partial charge in [0.15, 0.2) is 11.9 Å². The van der Waals surface area contributed by atoms with Crippen molar-refractivity contribution >= 4 is 44.7 Å². The molecule has 0 saturated heterocycles. The molecule has 0 radical (unpaired) electrons. The molecule has 11 nitrogen and oxygen atoms in total. The largest absolute Gasteiger partial charge is 0.493 e. The maximum atomic E-state index is 13.3. The van der Waals surface area contributed by atoms with Gasteiger partial charge in [-0.15, -0.1) is 0 Å². The van der Waals surface area contributed by atoms with Crippen LogP contribution in [0.4, 0.5) is 5.69 Å². The number of nitro benzene ring substituents is 1. The molecule has 37 heavy (non-hydrogen) atoms. The fraction of sp³-hybridized carbons (Fsp3) is 0.360. The summed E-state index contributed by atoms with van der Waals surface area (Å²) < 4.78 is 17.7. The molecule has 3 rings (SSSR count). The Kier molecular flexibility index (Phi) is 8.98. The zero-order valence-corrected chi connectivity index (χ0v) is 22.6. The number of carbonyl (C=O) groups is 1. The molecular formula is C25H27BrN4O7. The number of hydrogen-bond donors (Lipinski definition) is 0. The first-order valence-corrected chi connectivity index (χ1v) is 12.4. The van der Waals surface area contributed by atoms with E-state index < -0.39 is 22.7 Å². The van der Waals surface area contributed by atoms with Gasteiger partial charge in [-0.2, -0.15) is 9.78 Å². The van der Waals surface area contributed by atoms with Gasteiger partial charge in [-0.3, -0.25) is 14.9 Å². The van der Waals surface area contributed by atoms with Crippen LogP contribution in [0.3, 0.4) is 0 Å². The van der Waals surface area contributed by atoms with E-state index in [2.05, 4.69) is 26.0 Å². The van der Waals surface area contributed by atoms with E-state index >= 15 is 0 Å². The van der Waals surface area contributed by atoms with Gasteiger partial charge < -0.3 is 14.2 Å². The number of aromatic nitrogens is 2. The predicted molar refractivity (Wildman–Crippen MR) is 142 cm³/mol. The van der Waals surface area contributed by atoms with Crippen molar-refractivity contribution < 1.29 is 23.9 Å². The van der Waals surface area contributed by atoms with Crippen LogP contribution in [-0.4, -0.2) is 46.6 Å². The second-order valence-electron chi connectivity index (χ2n) is 8.14. The SMILES string of the molecule is CCOC(=O)[C@@H](C)Oc1c(OC)cc(C=Nn2c([C@@H](C)CC)nc3ccc(Br)cc3c2=O)cc1[N+](=O)[O-]. The van der Waals surface area contributed by atoms with Crippen LogP contribution >= 0.6 is 15.9 Å². The van der Waals surface area contributed by atoms with E-state index in [1.165, 1.54) is 37.1 Å². The van der Waals surface area contributed by atoms with Gasteiger partial charge in [-0.25, -0.2) is 9.78 Å². The van der Waals surface area contributed by atoms with Gasteiger partial charge in [0.25, 0.3) is 5.56 Å². The molecule has 2 atom stereocenters. The first kappa shape index (κ1) is 27.8. The maximum Gasteiger partial charge on any atom is 0.347 e. The number of ether oxygens (including phenoxy) is 3. The Hall–Kier alpha value is -3.80. The predicted octanol–water partition coefficient (Wildman–Crippen LogP) is 4.80. The van der Waals surface area contributed by atoms with Crippen LogP contribution in [0.5, 0.6) is 11.5 Å². The molecule has 0 amide bonds. The Morgan fingerprint density at radius 2 is 2.00 bits per heavy atom. The van der Waals surface area contributed by atoms with Crippen LogP contribution < -0.4 is 15.0 Å². The molecule has 2 aromatic carbocycles. The number of halogens is 1. The van der Waals surface area contributed by atoms with Gasteiger partial charge in [0, 0.05) is 22.0 Å². The second-order valence-corrected chi connectivity index (χ2v) is 9.06. The zero-order chi connectivity index (χ0) is 27.3. The third-order valence-corrected chi connectivity index (χ3v) is 6.09. The number of hydrogen-bond acceptors (Lipinski definition) is 9. The Labute approximate surface area is 221 Å². The molecule has 1 heterocycles. The van der Waals surface area contributed by atoms with E-state index in [0.717, 1.165) is 4.47 Å². The quantitative estimate of drug-likeness (QED) is 0.146. The van der Waals surface area contributed by atoms with Gasteiger partial charge in [0.1, 0.15) is 5.82 Å². The summed E-state index contributed by atoms with van der Waals surface area (Å²) in [5.74, 6) is -0.496. The molecule has 0 spiro atoms. The number of rotatable bonds is 10. The second kappa shape index (κ2) is 12.0. The molecule has 0 aliphatic carbocycles. The standard InChI is InChI=1S/C25H27BrN4O7/c1-6-14(3)23-28-19-9-8-17(26)12-18(19)24(31)29(23)27-13-16-10-20(30(33)34)22(21(11-16)35-5)37-15(4)25(32)36-7-2/h8-15H,6-7H2,1-5H3/t14-,15+/m0/s1. The third kappa shape index (κ3) is 6.13. The van der Waals surface area contributed by atoms with Crippen LogP contribution in [0.2, 0.25) is 0 Å². The van der Waals surface area contributed by atoms with Crippen molar-refractivity contribution in [3.8, 4) is 11.5 Å². The van der Waals surface area contributed by atoms with Crippen molar-refractivity contribution in [3.05, 3.63) is 66.7 Å². The zero-order valence-electron chi connectivity index (χ0n) is 21.1. The molecule has 0 aliphatic heterocycles. The number of nitrogens with zero attached hydrogens (tertiary/aromatic N) is 4. The van der Waals surface area contributed by atoms with Gasteiger partial charge >= 0.3 is 11.7 Å². The highest BCUT2D eigenvalue weighted by atomic mass is 79.9. The van der Waals surface area contributed by atoms with Crippen LogP contribution in [-0.2, 0) is 9.53 Å². The Morgan fingerprint density at radius 1 is 1.27 bits per heavy atom. The van der Waals surface area contributed by atoms with E-state index in [4.69, 9.17) is 14.2 Å². The summed E-state index contributed by atoms with van der Waals surface area (Å²) in [7, 11) is 1.32. The summed E-state index contributed by atoms with van der Waals surface area (Å²) in [5.41, 5.74) is 0.00930. The molecule has 1 aromatic heterocycles. The molecule has 0 N–H and O–H groups in total. The third-order valence-electron chi connectivity index (χ3n) is 5.60. The van der Waals surface area contributed by atoms with Crippen molar-refractivity contribution in [2.24, 2.45) is 5.10 Å². The number of nitro groups is 1. The summed E-state index contributed by atoms with van der Waals surface area (Å²) in [4.78, 5) is 41.2. The highest BCUT2D eigenvalue weighted by Gasteiger charge is 2.27. The fourth-order valence-corrected chi connectivity index (χ4v) is 3.84. The van der Waals surface area contributed by atoms with E-state index in [1.807, 2.05) is 13.8 Å². The maximum absolute atomic E-state index is 13.3. The van der Waals surface area contributed by atoms with E-state index in [-0.39, 0.29) is 35.1 Å². The summed E-state index contributed by atoms with van der Waals surface area (Å²) in [6, 6.07) is 7.91. The molecule has 0 saturated carbocycles. The number of benzene rings is 2. The normalized spacial score (nSPS) is 12.9. The van der Waals surface area contributed by atoms with Crippen LogP contribution in [0.25, 0.3) is 10.9 Å². The Balaban J connectivity index is 2.12. The first-order chi connectivity index (χ1) is 17.6. The molecule has 0 fully saturated rings. The van der Waals surface area contributed by atoms with Crippen molar-refractivity contribution in [1.29, 1.82) is 0 Å². The number of esters is 1. The summed E-state index contributed by atoms with van der Waals surface area (Å²) in [5, 5.41) is 16.6. The minimum Gasteiger partial charge on any atom is -0.493 e. The highest BCUT2D eigenvalue weighted by molar-refractivity contribution is 9.10. The fourth-order valence-electron chi connectivity index (χ4n) is 3.48. The lowest BCUT2D eigenvalue weighted by Gasteiger charge is -2.16. The van der Waals surface area contributed by atoms with Gasteiger partial charge in [0.2, 0.25) is 5.75 Å². The summed E-state index contributed by atoms with van der Waals surface area (Å²) in [6.07, 6.45) is 0.924. The summed E-state index contributed by atoms with van der Waals surface area (Å²) in [6.45, 7) is 7.11. The number of methoxy groups -OCH3 is 1. The Bertz CT molecular complexity index is 1420. The van der Waals surface area contributed by atoms with Crippen molar-refractivity contribution in [1.82, 2.24) is 9.66 Å². The monoisotopic (exact) mass is 574 g/mol. The molecular weight excluding hydrogens is 548 g/mol. The van der Waals surface area contributed by atoms with Crippen molar-refractivity contribution in [2.45, 2.75) is 46.1 Å². The molecule has 0 aliphatic rings. The molecule has 0 unspecified atom stereocenters. The number of fused-ring (bicyclic) bond motifs is 1. The van der Waals surface area contributed by atoms with Gasteiger partial charge in [-0.1, -0.05) is 29.8 Å². The van der Waals surface area contributed by atoms with E-state index in [0.29, 0.717) is 23.1 Å². The van der Waals surface area contributed by atoms with E-state index in [1.54, 1.807) is 25.1 Å². The van der Waals surface area contributed by atoms with Gasteiger partial charge in [-0.05, 0) is 44.5 Å². The average Bonchev–Trinajstić information content (AvgIpc) is 2.88. The molecule has 0 bridgehead atoms. The molecule has 12 heteroatoms. The topological polar surface area (TPSA) is 135 Å². The van der Waals surface area contributed by atoms with Crippen LogP contribution in [0, 0.1) is 10.1 Å². The molecule has 196 valence electrons. The van der Waals surface area contributed by atoms with Crippen LogP contribution in [0.1, 0.15) is 51.4 Å². The van der Waals surface area contributed by atoms with Crippen molar-refractivity contribution in [3.63, 3.8) is 0 Å². The number of carbonyl (C=O) groups excluding carboxylic acids is 1. The smallest absolute Gasteiger partial charge is 0.347 e. The highest BCUT2D eigenvalue weighted by Crippen LogP contribution is 2.38. The average molecular weight is 575 g/mol. The van der Waals surface area contributed by atoms with E-state index in [9.17, 15) is 19.7 Å². The lowest BCUT2D eigenvalue weighted by Crippen LogP contribution is -2.26. The summed E-state index contributed by atoms with van der Waals surface area (Å²) >= 11 is 3.37. The minimum atomic E-state index is -1.10. The van der Waals surface area contributed by atoms with Crippen molar-refractivity contribution in [2.75, 3.05) is 13.7 Å². The molecule has 3 aromatic rings. The minimum absolute atomic E-state index is 0.0156. The lowest BCUT2D eigenvalue weighted by atomic mass is 10.1. The van der Waals surface area contributed by atoms with Gasteiger partial charge in [0.05, 0.1) is 35.8 Å². The van der Waals surface area contributed by atoms with Crippen LogP contribution in [0.15, 0.2) is 44.7 Å². The Morgan fingerprint density at radius 3 is 2.62 bits per heavy atom.